The molecule has 6 heteroatoms. The molecule has 3 rings (SSSR count). The van der Waals surface area contributed by atoms with Gasteiger partial charge in [-0.2, -0.15) is 0 Å². The van der Waals surface area contributed by atoms with Gasteiger partial charge in [-0.25, -0.2) is 9.38 Å². The zero-order valence-corrected chi connectivity index (χ0v) is 12.0. The Bertz CT molecular complexity index is 540. The van der Waals surface area contributed by atoms with E-state index in [2.05, 4.69) is 4.99 Å². The largest absolute Gasteiger partial charge is 0.382 e. The van der Waals surface area contributed by atoms with Gasteiger partial charge in [0.2, 0.25) is 0 Å². The van der Waals surface area contributed by atoms with Gasteiger partial charge in [-0.15, -0.1) is 0 Å². The number of methoxy groups -OCH3 is 1. The van der Waals surface area contributed by atoms with Gasteiger partial charge in [0, 0.05) is 24.3 Å². The fraction of sp³-hybridized carbons (Fsp3) is 0.500. The van der Waals surface area contributed by atoms with E-state index in [4.69, 9.17) is 15.2 Å². The summed E-state index contributed by atoms with van der Waals surface area (Å²) in [6, 6.07) is 6.73. The second-order valence-corrected chi connectivity index (χ2v) is 6.12. The number of nitrogens with two attached hydrogens (primary N) is 1. The van der Waals surface area contributed by atoms with Crippen LogP contribution in [0.2, 0.25) is 0 Å². The van der Waals surface area contributed by atoms with Crippen LogP contribution in [0, 0.1) is 11.7 Å². The number of nitrogens with zero attached hydrogens (tertiary/aromatic N) is 1. The molecule has 1 aromatic rings. The van der Waals surface area contributed by atoms with Crippen molar-refractivity contribution < 1.29 is 13.9 Å². The molecule has 2 N–H and O–H groups in total. The number of ether oxygens (including phenoxy) is 2. The molecule has 4 nitrogen and oxygen atoms in total. The molecular formula is C14H17FN2O2S. The Kier molecular flexibility index (Phi) is 3.70. The Morgan fingerprint density at radius 3 is 3.10 bits per heavy atom. The summed E-state index contributed by atoms with van der Waals surface area (Å²) in [7, 11) is 1.64. The highest BCUT2D eigenvalue weighted by Gasteiger charge is 2.53. The topological polar surface area (TPSA) is 56.8 Å². The summed E-state index contributed by atoms with van der Waals surface area (Å²) in [4.78, 5) is 4.58. The van der Waals surface area contributed by atoms with E-state index in [1.807, 2.05) is 6.07 Å². The summed E-state index contributed by atoms with van der Waals surface area (Å²) >= 11 is 1.49. The number of hydrogen-bond donors (Lipinski definition) is 1. The average Bonchev–Trinajstić information content (AvgIpc) is 2.79. The minimum Gasteiger partial charge on any atom is -0.382 e. The third-order valence-electron chi connectivity index (χ3n) is 3.97. The van der Waals surface area contributed by atoms with Gasteiger partial charge in [0.25, 0.3) is 0 Å². The summed E-state index contributed by atoms with van der Waals surface area (Å²) < 4.78 is 25.3. The number of fused-ring (bicyclic) bond motifs is 1. The minimum atomic E-state index is -0.718. The fourth-order valence-electron chi connectivity index (χ4n) is 3.01. The van der Waals surface area contributed by atoms with Crippen LogP contribution >= 0.6 is 11.8 Å². The molecule has 0 bridgehead atoms. The molecule has 0 amide bonds. The molecule has 2 heterocycles. The number of rotatable bonds is 3. The second-order valence-electron chi connectivity index (χ2n) is 5.08. The molecule has 2 aliphatic rings. The molecule has 108 valence electrons. The van der Waals surface area contributed by atoms with Gasteiger partial charge in [-0.05, 0) is 6.07 Å². The molecule has 0 saturated carbocycles. The van der Waals surface area contributed by atoms with Crippen LogP contribution in [0.1, 0.15) is 5.56 Å². The van der Waals surface area contributed by atoms with Crippen LogP contribution in [-0.2, 0) is 15.0 Å². The lowest BCUT2D eigenvalue weighted by molar-refractivity contribution is 0.0240. The Balaban J connectivity index is 2.07. The molecule has 20 heavy (non-hydrogen) atoms. The molecular weight excluding hydrogens is 279 g/mol. The van der Waals surface area contributed by atoms with Crippen molar-refractivity contribution in [3.8, 4) is 0 Å². The van der Waals surface area contributed by atoms with Crippen molar-refractivity contribution in [3.05, 3.63) is 35.6 Å². The van der Waals surface area contributed by atoms with Crippen molar-refractivity contribution in [2.75, 3.05) is 26.1 Å². The van der Waals surface area contributed by atoms with Gasteiger partial charge < -0.3 is 15.2 Å². The highest BCUT2D eigenvalue weighted by atomic mass is 32.2. The van der Waals surface area contributed by atoms with Crippen LogP contribution in [0.5, 0.6) is 0 Å². The maximum atomic E-state index is 14.2. The first-order valence-corrected chi connectivity index (χ1v) is 7.49. The number of hydrogen-bond acceptors (Lipinski definition) is 5. The van der Waals surface area contributed by atoms with Crippen LogP contribution < -0.4 is 5.73 Å². The smallest absolute Gasteiger partial charge is 0.154 e. The van der Waals surface area contributed by atoms with Crippen molar-refractivity contribution in [1.29, 1.82) is 0 Å². The molecule has 0 aromatic heterocycles. The summed E-state index contributed by atoms with van der Waals surface area (Å²) in [5.74, 6) is 0.566. The van der Waals surface area contributed by atoms with Gasteiger partial charge in [0.15, 0.2) is 5.17 Å². The van der Waals surface area contributed by atoms with E-state index < -0.39 is 5.54 Å². The monoisotopic (exact) mass is 296 g/mol. The Morgan fingerprint density at radius 2 is 2.35 bits per heavy atom. The van der Waals surface area contributed by atoms with E-state index in [0.717, 1.165) is 5.75 Å². The quantitative estimate of drug-likeness (QED) is 0.923. The van der Waals surface area contributed by atoms with Crippen LogP contribution in [0.15, 0.2) is 29.3 Å². The second kappa shape index (κ2) is 5.35. The SMILES string of the molecule is COCC1OC[C@]2(c3ccccc3F)N=C(N)SC[C@H]12. The van der Waals surface area contributed by atoms with Gasteiger partial charge in [-0.1, -0.05) is 30.0 Å². The van der Waals surface area contributed by atoms with Crippen molar-refractivity contribution in [3.63, 3.8) is 0 Å². The lowest BCUT2D eigenvalue weighted by Crippen LogP contribution is -2.43. The van der Waals surface area contributed by atoms with E-state index in [1.165, 1.54) is 17.8 Å². The van der Waals surface area contributed by atoms with E-state index >= 15 is 0 Å². The Hall–Kier alpha value is -1.11. The minimum absolute atomic E-state index is 0.0663. The molecule has 3 atom stereocenters. The molecule has 1 fully saturated rings. The number of halogens is 1. The fourth-order valence-corrected chi connectivity index (χ4v) is 4.08. The van der Waals surface area contributed by atoms with Crippen LogP contribution in [0.3, 0.4) is 0 Å². The zero-order valence-electron chi connectivity index (χ0n) is 11.2. The first-order valence-electron chi connectivity index (χ1n) is 6.51. The molecule has 0 radical (unpaired) electrons. The molecule has 1 unspecified atom stereocenters. The third kappa shape index (κ3) is 2.12. The molecule has 0 aliphatic carbocycles. The van der Waals surface area contributed by atoms with Gasteiger partial charge in [0.05, 0.1) is 19.3 Å². The predicted octanol–water partition coefficient (Wildman–Crippen LogP) is 1.74. The summed E-state index contributed by atoms with van der Waals surface area (Å²) in [6.45, 7) is 0.824. The Morgan fingerprint density at radius 1 is 1.55 bits per heavy atom. The number of aliphatic imine (C=N–C) groups is 1. The standard InChI is InChI=1S/C14H17FN2O2S/c1-18-6-12-10-7-20-13(16)17-14(10,8-19-12)9-4-2-3-5-11(9)15/h2-5,10,12H,6-8H2,1H3,(H2,16,17)/t10-,12?,14-/m1/s1. The molecule has 2 aliphatic heterocycles. The number of amidine groups is 1. The maximum absolute atomic E-state index is 14.2. The number of thioether (sulfide) groups is 1. The van der Waals surface area contributed by atoms with E-state index in [0.29, 0.717) is 23.9 Å². The van der Waals surface area contributed by atoms with Crippen molar-refractivity contribution in [2.24, 2.45) is 16.6 Å². The van der Waals surface area contributed by atoms with Crippen LogP contribution in [0.4, 0.5) is 4.39 Å². The summed E-state index contributed by atoms with van der Waals surface area (Å²) in [5, 5.41) is 0.492. The Labute approximate surface area is 121 Å². The van der Waals surface area contributed by atoms with Crippen molar-refractivity contribution in [1.82, 2.24) is 0 Å². The highest BCUT2D eigenvalue weighted by Crippen LogP contribution is 2.47. The van der Waals surface area contributed by atoms with Crippen LogP contribution in [0.25, 0.3) is 0 Å². The zero-order chi connectivity index (χ0) is 14.2. The van der Waals surface area contributed by atoms with Gasteiger partial charge in [-0.3, -0.25) is 0 Å². The molecule has 1 aromatic carbocycles. The molecule has 0 spiro atoms. The maximum Gasteiger partial charge on any atom is 0.154 e. The third-order valence-corrected chi connectivity index (χ3v) is 4.88. The first-order chi connectivity index (χ1) is 9.67. The lowest BCUT2D eigenvalue weighted by Gasteiger charge is -2.35. The van der Waals surface area contributed by atoms with Crippen molar-refractivity contribution >= 4 is 16.9 Å². The molecule has 1 saturated heterocycles. The van der Waals surface area contributed by atoms with E-state index in [9.17, 15) is 4.39 Å². The van der Waals surface area contributed by atoms with E-state index in [-0.39, 0.29) is 17.8 Å². The van der Waals surface area contributed by atoms with E-state index in [1.54, 1.807) is 19.2 Å². The van der Waals surface area contributed by atoms with Gasteiger partial charge in [0.1, 0.15) is 11.4 Å². The van der Waals surface area contributed by atoms with Crippen LogP contribution in [-0.4, -0.2) is 37.3 Å². The normalized spacial score (nSPS) is 32.8. The highest BCUT2D eigenvalue weighted by molar-refractivity contribution is 8.13. The average molecular weight is 296 g/mol. The van der Waals surface area contributed by atoms with Crippen molar-refractivity contribution in [2.45, 2.75) is 11.6 Å². The lowest BCUT2D eigenvalue weighted by atomic mass is 9.79. The predicted molar refractivity (Wildman–Crippen MR) is 77.3 cm³/mol. The summed E-state index contributed by atoms with van der Waals surface area (Å²) in [5.41, 5.74) is 5.73. The van der Waals surface area contributed by atoms with Gasteiger partial charge >= 0.3 is 0 Å². The summed E-state index contributed by atoms with van der Waals surface area (Å²) in [6.07, 6.45) is -0.0797. The first kappa shape index (κ1) is 13.9. The number of benzene rings is 1.